The summed E-state index contributed by atoms with van der Waals surface area (Å²) in [6, 6.07) is 14.2. The fourth-order valence-corrected chi connectivity index (χ4v) is 2.72. The summed E-state index contributed by atoms with van der Waals surface area (Å²) in [6.07, 6.45) is -0.0239. The zero-order chi connectivity index (χ0) is 20.1. The van der Waals surface area contributed by atoms with Crippen molar-refractivity contribution in [2.75, 3.05) is 7.11 Å². The van der Waals surface area contributed by atoms with Crippen molar-refractivity contribution >= 4 is 11.9 Å². The molecular weight excluding hydrogens is 363 g/mol. The second-order valence-electron chi connectivity index (χ2n) is 6.09. The van der Waals surface area contributed by atoms with Gasteiger partial charge in [-0.15, -0.1) is 5.10 Å². The van der Waals surface area contributed by atoms with E-state index in [-0.39, 0.29) is 18.1 Å². The summed E-state index contributed by atoms with van der Waals surface area (Å²) in [5, 5.41) is 6.99. The zero-order valence-electron chi connectivity index (χ0n) is 15.4. The largest absolute Gasteiger partial charge is 0.469 e. The van der Waals surface area contributed by atoms with Gasteiger partial charge in [0.15, 0.2) is 0 Å². The number of rotatable bonds is 6. The number of nitrogens with one attached hydrogen (secondary N) is 1. The van der Waals surface area contributed by atoms with Crippen molar-refractivity contribution in [2.45, 2.75) is 19.4 Å². The quantitative estimate of drug-likeness (QED) is 0.663. The van der Waals surface area contributed by atoms with Gasteiger partial charge in [0, 0.05) is 0 Å². The van der Waals surface area contributed by atoms with Gasteiger partial charge in [-0.2, -0.15) is 0 Å². The molecule has 3 aromatic rings. The van der Waals surface area contributed by atoms with E-state index in [1.165, 1.54) is 23.9 Å². The number of amides is 1. The van der Waals surface area contributed by atoms with Crippen molar-refractivity contribution < 1.29 is 18.7 Å². The number of carbonyl (C=O) groups excluding carboxylic acids is 2. The Morgan fingerprint density at radius 2 is 1.82 bits per heavy atom. The zero-order valence-corrected chi connectivity index (χ0v) is 15.4. The van der Waals surface area contributed by atoms with E-state index in [1.807, 2.05) is 30.3 Å². The van der Waals surface area contributed by atoms with Crippen LogP contribution in [0.3, 0.4) is 0 Å². The third-order valence-corrected chi connectivity index (χ3v) is 4.15. The van der Waals surface area contributed by atoms with Crippen LogP contribution in [0.2, 0.25) is 0 Å². The van der Waals surface area contributed by atoms with Gasteiger partial charge in [-0.3, -0.25) is 9.59 Å². The highest BCUT2D eigenvalue weighted by Gasteiger charge is 2.22. The van der Waals surface area contributed by atoms with Crippen LogP contribution in [0.25, 0.3) is 5.69 Å². The number of methoxy groups -OCH3 is 1. The second kappa shape index (κ2) is 8.43. The number of hydrogen-bond acceptors (Lipinski definition) is 5. The summed E-state index contributed by atoms with van der Waals surface area (Å²) in [4.78, 5) is 28.6. The van der Waals surface area contributed by atoms with Gasteiger partial charge in [0.25, 0.3) is 5.91 Å². The predicted molar refractivity (Wildman–Crippen MR) is 99.3 cm³/mol. The average Bonchev–Trinajstić information content (AvgIpc) is 3.10. The first-order chi connectivity index (χ1) is 13.5. The lowest BCUT2D eigenvalue weighted by Crippen LogP contribution is -2.31. The lowest BCUT2D eigenvalue weighted by Gasteiger charge is -2.17. The van der Waals surface area contributed by atoms with Crippen LogP contribution in [0.4, 0.5) is 4.39 Å². The maximum Gasteiger partial charge on any atom is 0.307 e. The molecule has 7 nitrogen and oxygen atoms in total. The molecule has 3 rings (SSSR count). The molecule has 0 bridgehead atoms. The first-order valence-corrected chi connectivity index (χ1v) is 8.60. The molecule has 0 aliphatic carbocycles. The standard InChI is InChI=1S/C20H19FN4O3/c1-13-22-19(24-25(13)16-10-8-15(21)9-11-16)20(27)23-17(12-18(26)28-2)14-6-4-3-5-7-14/h3-11,17H,12H2,1-2H3,(H,23,27)/t17-/m1/s1. The van der Waals surface area contributed by atoms with Crippen LogP contribution in [-0.2, 0) is 9.53 Å². The van der Waals surface area contributed by atoms with Crippen LogP contribution < -0.4 is 5.32 Å². The van der Waals surface area contributed by atoms with E-state index in [1.54, 1.807) is 19.1 Å². The van der Waals surface area contributed by atoms with Gasteiger partial charge in [0.1, 0.15) is 11.6 Å². The molecule has 1 atom stereocenters. The van der Waals surface area contributed by atoms with E-state index < -0.39 is 17.9 Å². The number of halogens is 1. The molecule has 0 aliphatic heterocycles. The Kier molecular flexibility index (Phi) is 5.78. The molecule has 0 saturated carbocycles. The molecule has 0 spiro atoms. The summed E-state index contributed by atoms with van der Waals surface area (Å²) >= 11 is 0. The van der Waals surface area contributed by atoms with Gasteiger partial charge in [-0.1, -0.05) is 30.3 Å². The minimum Gasteiger partial charge on any atom is -0.469 e. The van der Waals surface area contributed by atoms with Crippen LogP contribution in [0.5, 0.6) is 0 Å². The van der Waals surface area contributed by atoms with Crippen molar-refractivity contribution in [3.05, 3.63) is 77.6 Å². The Morgan fingerprint density at radius 3 is 2.46 bits per heavy atom. The average molecular weight is 382 g/mol. The Labute approximate surface area is 161 Å². The number of carbonyl (C=O) groups is 2. The number of ether oxygens (including phenoxy) is 1. The summed E-state index contributed by atoms with van der Waals surface area (Å²) in [7, 11) is 1.29. The predicted octanol–water partition coefficient (Wildman–Crippen LogP) is 2.75. The van der Waals surface area contributed by atoms with E-state index in [4.69, 9.17) is 4.74 Å². The summed E-state index contributed by atoms with van der Waals surface area (Å²) < 4.78 is 19.3. The Morgan fingerprint density at radius 1 is 1.14 bits per heavy atom. The fraction of sp³-hybridized carbons (Fsp3) is 0.200. The van der Waals surface area contributed by atoms with Crippen molar-refractivity contribution in [1.29, 1.82) is 0 Å². The molecule has 2 aromatic carbocycles. The normalized spacial score (nSPS) is 11.7. The number of esters is 1. The maximum absolute atomic E-state index is 13.1. The van der Waals surface area contributed by atoms with Gasteiger partial charge in [0.05, 0.1) is 25.3 Å². The van der Waals surface area contributed by atoms with Crippen LogP contribution in [0.1, 0.15) is 34.5 Å². The molecule has 1 aromatic heterocycles. The van der Waals surface area contributed by atoms with Gasteiger partial charge in [-0.05, 0) is 36.8 Å². The van der Waals surface area contributed by atoms with Crippen molar-refractivity contribution in [1.82, 2.24) is 20.1 Å². The monoisotopic (exact) mass is 382 g/mol. The van der Waals surface area contributed by atoms with Crippen LogP contribution in [-0.4, -0.2) is 33.8 Å². The molecule has 1 heterocycles. The van der Waals surface area contributed by atoms with E-state index >= 15 is 0 Å². The van der Waals surface area contributed by atoms with Crippen LogP contribution in [0.15, 0.2) is 54.6 Å². The van der Waals surface area contributed by atoms with E-state index in [9.17, 15) is 14.0 Å². The molecule has 8 heteroatoms. The Bertz CT molecular complexity index is 971. The van der Waals surface area contributed by atoms with Gasteiger partial charge in [0.2, 0.25) is 5.82 Å². The molecule has 0 saturated heterocycles. The first-order valence-electron chi connectivity index (χ1n) is 8.60. The van der Waals surface area contributed by atoms with Crippen molar-refractivity contribution in [3.63, 3.8) is 0 Å². The van der Waals surface area contributed by atoms with E-state index in [2.05, 4.69) is 15.4 Å². The highest BCUT2D eigenvalue weighted by Crippen LogP contribution is 2.18. The van der Waals surface area contributed by atoms with Crippen molar-refractivity contribution in [2.24, 2.45) is 0 Å². The van der Waals surface area contributed by atoms with Gasteiger partial charge in [-0.25, -0.2) is 14.1 Å². The highest BCUT2D eigenvalue weighted by atomic mass is 19.1. The first kappa shape index (κ1) is 19.2. The molecule has 0 radical (unpaired) electrons. The van der Waals surface area contributed by atoms with Crippen molar-refractivity contribution in [3.8, 4) is 5.69 Å². The third-order valence-electron chi connectivity index (χ3n) is 4.15. The lowest BCUT2D eigenvalue weighted by atomic mass is 10.0. The van der Waals surface area contributed by atoms with Gasteiger partial charge < -0.3 is 10.1 Å². The summed E-state index contributed by atoms with van der Waals surface area (Å²) in [5.74, 6) is -0.918. The molecular formula is C20H19FN4O3. The molecule has 28 heavy (non-hydrogen) atoms. The number of benzene rings is 2. The number of aryl methyl sites for hydroxylation is 1. The van der Waals surface area contributed by atoms with Crippen LogP contribution in [0, 0.1) is 12.7 Å². The Balaban J connectivity index is 1.83. The lowest BCUT2D eigenvalue weighted by molar-refractivity contribution is -0.141. The second-order valence-corrected chi connectivity index (χ2v) is 6.09. The van der Waals surface area contributed by atoms with E-state index in [0.29, 0.717) is 11.5 Å². The SMILES string of the molecule is COC(=O)C[C@@H](NC(=O)c1nc(C)n(-c2ccc(F)cc2)n1)c1ccccc1. The maximum atomic E-state index is 13.1. The molecule has 0 aliphatic rings. The smallest absolute Gasteiger partial charge is 0.307 e. The third kappa shape index (κ3) is 4.40. The number of nitrogens with zero attached hydrogens (tertiary/aromatic N) is 3. The minimum atomic E-state index is -0.584. The minimum absolute atomic E-state index is 0.0239. The molecule has 1 amide bonds. The number of aromatic nitrogens is 3. The number of hydrogen-bond donors (Lipinski definition) is 1. The Hall–Kier alpha value is -3.55. The summed E-state index contributed by atoms with van der Waals surface area (Å²) in [5.41, 5.74) is 1.34. The summed E-state index contributed by atoms with van der Waals surface area (Å²) in [6.45, 7) is 1.69. The molecule has 144 valence electrons. The van der Waals surface area contributed by atoms with E-state index in [0.717, 1.165) is 5.56 Å². The topological polar surface area (TPSA) is 86.1 Å². The van der Waals surface area contributed by atoms with Crippen LogP contribution >= 0.6 is 0 Å². The molecule has 0 fully saturated rings. The molecule has 0 unspecified atom stereocenters. The highest BCUT2D eigenvalue weighted by molar-refractivity contribution is 5.91. The molecule has 1 N–H and O–H groups in total. The fourth-order valence-electron chi connectivity index (χ4n) is 2.72. The van der Waals surface area contributed by atoms with Gasteiger partial charge >= 0.3 is 5.97 Å².